The first-order valence-electron chi connectivity index (χ1n) is 11.4. The number of imidazole rings is 1. The highest BCUT2D eigenvalue weighted by molar-refractivity contribution is 6.30. The molecule has 30 heavy (non-hydrogen) atoms. The van der Waals surface area contributed by atoms with E-state index >= 15 is 0 Å². The maximum Gasteiger partial charge on any atom is 0.228 e. The standard InChI is InChI=1S/C24H29ClN4O/c25-20-2-1-3-21(13-20)29-5-4-26-23(29)28-8-6-27(7-9-28)22(30)24-14-17-10-18(15-24)12-19(11-17)16-24/h1-5,13,17-19H,6-12,14-16H2. The SMILES string of the molecule is O=C(N1CCN(c2nccn2-c2cccc(Cl)c2)CC1)C12CC3CC(CC(C3)C1)C2. The molecule has 5 fully saturated rings. The summed E-state index contributed by atoms with van der Waals surface area (Å²) >= 11 is 6.19. The van der Waals surface area contributed by atoms with Gasteiger partial charge in [0.15, 0.2) is 0 Å². The number of amides is 1. The molecule has 4 aliphatic carbocycles. The van der Waals surface area contributed by atoms with Crippen LogP contribution in [0.2, 0.25) is 5.02 Å². The summed E-state index contributed by atoms with van der Waals surface area (Å²) in [5.41, 5.74) is 0.984. The largest absolute Gasteiger partial charge is 0.339 e. The predicted molar refractivity (Wildman–Crippen MR) is 118 cm³/mol. The Bertz CT molecular complexity index is 926. The number of hydrogen-bond acceptors (Lipinski definition) is 3. The summed E-state index contributed by atoms with van der Waals surface area (Å²) in [6.45, 7) is 3.25. The second kappa shape index (κ2) is 7.01. The van der Waals surface area contributed by atoms with Crippen molar-refractivity contribution < 1.29 is 4.79 Å². The number of rotatable bonds is 3. The van der Waals surface area contributed by atoms with Crippen LogP contribution in [-0.4, -0.2) is 46.5 Å². The smallest absolute Gasteiger partial charge is 0.228 e. The summed E-state index contributed by atoms with van der Waals surface area (Å²) in [5, 5.41) is 0.720. The van der Waals surface area contributed by atoms with Crippen molar-refractivity contribution in [3.8, 4) is 5.69 Å². The lowest BCUT2D eigenvalue weighted by atomic mass is 9.49. The van der Waals surface area contributed by atoms with Crippen molar-refractivity contribution in [1.29, 1.82) is 0 Å². The minimum Gasteiger partial charge on any atom is -0.339 e. The number of anilines is 1. The van der Waals surface area contributed by atoms with E-state index in [-0.39, 0.29) is 5.41 Å². The molecule has 1 saturated heterocycles. The predicted octanol–water partition coefficient (Wildman–Crippen LogP) is 4.39. The van der Waals surface area contributed by atoms with Crippen LogP contribution in [0.3, 0.4) is 0 Å². The van der Waals surface area contributed by atoms with E-state index in [9.17, 15) is 4.79 Å². The lowest BCUT2D eigenvalue weighted by molar-refractivity contribution is -0.158. The monoisotopic (exact) mass is 424 g/mol. The minimum absolute atomic E-state index is 0.0316. The summed E-state index contributed by atoms with van der Waals surface area (Å²) in [6.07, 6.45) is 11.4. The molecular formula is C24H29ClN4O. The molecule has 0 spiro atoms. The molecule has 158 valence electrons. The third kappa shape index (κ3) is 3.05. The molecule has 4 saturated carbocycles. The fraction of sp³-hybridized carbons (Fsp3) is 0.583. The van der Waals surface area contributed by atoms with Gasteiger partial charge in [0.25, 0.3) is 0 Å². The Hall–Kier alpha value is -2.01. The average Bonchev–Trinajstić information content (AvgIpc) is 3.22. The summed E-state index contributed by atoms with van der Waals surface area (Å²) in [5.74, 6) is 3.82. The second-order valence-electron chi connectivity index (χ2n) is 10.1. The average molecular weight is 425 g/mol. The number of nitrogens with zero attached hydrogens (tertiary/aromatic N) is 4. The second-order valence-corrected chi connectivity index (χ2v) is 10.5. The highest BCUT2D eigenvalue weighted by atomic mass is 35.5. The molecule has 1 amide bonds. The molecule has 1 aromatic carbocycles. The van der Waals surface area contributed by atoms with Crippen molar-refractivity contribution >= 4 is 23.5 Å². The van der Waals surface area contributed by atoms with Crippen molar-refractivity contribution in [2.24, 2.45) is 23.2 Å². The molecule has 0 N–H and O–H groups in total. The summed E-state index contributed by atoms with van der Waals surface area (Å²) in [7, 11) is 0. The number of carbonyl (C=O) groups excluding carboxylic acids is 1. The van der Waals surface area contributed by atoms with E-state index in [1.165, 1.54) is 19.3 Å². The van der Waals surface area contributed by atoms with Crippen molar-refractivity contribution in [2.75, 3.05) is 31.1 Å². The summed E-state index contributed by atoms with van der Waals surface area (Å²) in [6, 6.07) is 7.85. The quantitative estimate of drug-likeness (QED) is 0.733. The first kappa shape index (κ1) is 18.7. The minimum atomic E-state index is -0.0316. The van der Waals surface area contributed by atoms with Crippen LogP contribution in [0.4, 0.5) is 5.95 Å². The number of piperazine rings is 1. The lowest BCUT2D eigenvalue weighted by Gasteiger charge is -2.57. The van der Waals surface area contributed by atoms with Crippen LogP contribution in [0.5, 0.6) is 0 Å². The van der Waals surface area contributed by atoms with Gasteiger partial charge in [-0.25, -0.2) is 4.98 Å². The molecule has 1 aliphatic heterocycles. The third-order valence-electron chi connectivity index (χ3n) is 8.05. The van der Waals surface area contributed by atoms with Gasteiger partial charge < -0.3 is 9.80 Å². The lowest BCUT2D eigenvalue weighted by Crippen LogP contribution is -2.58. The first-order valence-corrected chi connectivity index (χ1v) is 11.8. The van der Waals surface area contributed by atoms with Crippen LogP contribution in [-0.2, 0) is 4.79 Å². The third-order valence-corrected chi connectivity index (χ3v) is 8.28. The van der Waals surface area contributed by atoms with Gasteiger partial charge in [-0.2, -0.15) is 0 Å². The van der Waals surface area contributed by atoms with Gasteiger partial charge in [-0.05, 0) is 74.5 Å². The van der Waals surface area contributed by atoms with Crippen molar-refractivity contribution in [2.45, 2.75) is 38.5 Å². The fourth-order valence-corrected chi connectivity index (χ4v) is 7.36. The Morgan fingerprint density at radius 3 is 2.30 bits per heavy atom. The van der Waals surface area contributed by atoms with Crippen LogP contribution >= 0.6 is 11.6 Å². The Morgan fingerprint density at radius 2 is 1.67 bits per heavy atom. The summed E-state index contributed by atoms with van der Waals surface area (Å²) < 4.78 is 2.09. The first-order chi connectivity index (χ1) is 14.6. The van der Waals surface area contributed by atoms with E-state index in [1.807, 2.05) is 36.7 Å². The number of hydrogen-bond donors (Lipinski definition) is 0. The molecule has 2 heterocycles. The fourth-order valence-electron chi connectivity index (χ4n) is 7.17. The molecule has 6 heteroatoms. The van der Waals surface area contributed by atoms with Gasteiger partial charge >= 0.3 is 0 Å². The maximum atomic E-state index is 13.6. The topological polar surface area (TPSA) is 41.4 Å². The molecule has 0 radical (unpaired) electrons. The highest BCUT2D eigenvalue weighted by Crippen LogP contribution is 2.60. The van der Waals surface area contributed by atoms with Gasteiger partial charge in [0.1, 0.15) is 0 Å². The number of halogens is 1. The number of benzene rings is 1. The summed E-state index contributed by atoms with van der Waals surface area (Å²) in [4.78, 5) is 22.7. The van der Waals surface area contributed by atoms with Gasteiger partial charge in [-0.1, -0.05) is 17.7 Å². The molecule has 7 rings (SSSR count). The van der Waals surface area contributed by atoms with E-state index in [2.05, 4.69) is 19.4 Å². The highest BCUT2D eigenvalue weighted by Gasteiger charge is 2.55. The van der Waals surface area contributed by atoms with Crippen LogP contribution in [0, 0.1) is 23.2 Å². The number of aromatic nitrogens is 2. The zero-order chi connectivity index (χ0) is 20.3. The molecule has 0 atom stereocenters. The molecule has 5 nitrogen and oxygen atoms in total. The Labute approximate surface area is 183 Å². The molecule has 4 bridgehead atoms. The van der Waals surface area contributed by atoms with Gasteiger partial charge in [0.2, 0.25) is 11.9 Å². The molecular weight excluding hydrogens is 396 g/mol. The van der Waals surface area contributed by atoms with Crippen LogP contribution in [0.15, 0.2) is 36.7 Å². The van der Waals surface area contributed by atoms with E-state index in [4.69, 9.17) is 11.6 Å². The van der Waals surface area contributed by atoms with Gasteiger partial charge in [0, 0.05) is 49.3 Å². The Morgan fingerprint density at radius 1 is 1.00 bits per heavy atom. The van der Waals surface area contributed by atoms with Crippen LogP contribution < -0.4 is 4.90 Å². The van der Waals surface area contributed by atoms with Crippen LogP contribution in [0.1, 0.15) is 38.5 Å². The van der Waals surface area contributed by atoms with E-state index in [0.29, 0.717) is 5.91 Å². The van der Waals surface area contributed by atoms with Crippen LogP contribution in [0.25, 0.3) is 5.69 Å². The van der Waals surface area contributed by atoms with Gasteiger partial charge in [-0.3, -0.25) is 9.36 Å². The zero-order valence-electron chi connectivity index (χ0n) is 17.3. The molecule has 1 aromatic heterocycles. The maximum absolute atomic E-state index is 13.6. The van der Waals surface area contributed by atoms with Crippen molar-refractivity contribution in [3.63, 3.8) is 0 Å². The van der Waals surface area contributed by atoms with E-state index in [1.54, 1.807) is 0 Å². The molecule has 0 unspecified atom stereocenters. The van der Waals surface area contributed by atoms with E-state index < -0.39 is 0 Å². The van der Waals surface area contributed by atoms with Crippen molar-refractivity contribution in [1.82, 2.24) is 14.5 Å². The molecule has 2 aromatic rings. The van der Waals surface area contributed by atoms with Crippen molar-refractivity contribution in [3.05, 3.63) is 41.7 Å². The normalized spacial score (nSPS) is 32.6. The molecule has 5 aliphatic rings. The van der Waals surface area contributed by atoms with Gasteiger partial charge in [-0.15, -0.1) is 0 Å². The number of carbonyl (C=O) groups is 1. The zero-order valence-corrected chi connectivity index (χ0v) is 18.1. The van der Waals surface area contributed by atoms with Gasteiger partial charge in [0.05, 0.1) is 5.41 Å². The Balaban J connectivity index is 1.16. The van der Waals surface area contributed by atoms with E-state index in [0.717, 1.165) is 79.9 Å². The Kier molecular flexibility index (Phi) is 4.38.